The van der Waals surface area contributed by atoms with Crippen LogP contribution in [0.4, 0.5) is 0 Å². The van der Waals surface area contributed by atoms with Crippen molar-refractivity contribution in [3.05, 3.63) is 12.3 Å². The van der Waals surface area contributed by atoms with Gasteiger partial charge in [0.1, 0.15) is 0 Å². The molecule has 1 aromatic rings. The Bertz CT molecular complexity index is 523. The quantitative estimate of drug-likeness (QED) is 0.803. The Kier molecular flexibility index (Phi) is 5.37. The van der Waals surface area contributed by atoms with E-state index < -0.39 is 10.0 Å². The van der Waals surface area contributed by atoms with Crippen molar-refractivity contribution in [2.75, 3.05) is 47.3 Å². The van der Waals surface area contributed by atoms with E-state index in [9.17, 15) is 8.42 Å². The summed E-state index contributed by atoms with van der Waals surface area (Å²) in [5.41, 5.74) is 0. The van der Waals surface area contributed by atoms with Gasteiger partial charge in [0.25, 0.3) is 10.0 Å². The highest BCUT2D eigenvalue weighted by Gasteiger charge is 2.24. The first-order chi connectivity index (χ1) is 9.91. The lowest BCUT2D eigenvalue weighted by molar-refractivity contribution is 0.141. The third kappa shape index (κ3) is 4.03. The van der Waals surface area contributed by atoms with E-state index in [1.165, 1.54) is 16.6 Å². The highest BCUT2D eigenvalue weighted by Crippen LogP contribution is 2.15. The molecule has 0 amide bonds. The van der Waals surface area contributed by atoms with Gasteiger partial charge in [0, 0.05) is 26.2 Å². The van der Waals surface area contributed by atoms with E-state index in [0.717, 1.165) is 32.5 Å². The maximum absolute atomic E-state index is 12.3. The van der Waals surface area contributed by atoms with Crippen molar-refractivity contribution in [1.29, 1.82) is 0 Å². The van der Waals surface area contributed by atoms with Crippen LogP contribution >= 0.6 is 0 Å². The summed E-state index contributed by atoms with van der Waals surface area (Å²) >= 11 is 0. The maximum Gasteiger partial charge on any atom is 0.259 e. The first kappa shape index (κ1) is 16.4. The summed E-state index contributed by atoms with van der Waals surface area (Å²) in [6, 6.07) is 2.02. The Morgan fingerprint density at radius 1 is 1.33 bits per heavy atom. The van der Waals surface area contributed by atoms with Crippen molar-refractivity contribution in [2.45, 2.75) is 23.9 Å². The monoisotopic (exact) mass is 315 g/mol. The molecule has 0 saturated carbocycles. The lowest BCUT2D eigenvalue weighted by Crippen LogP contribution is -2.44. The molecule has 8 heteroatoms. The normalized spacial score (nSPS) is 18.7. The van der Waals surface area contributed by atoms with Gasteiger partial charge in [0.05, 0.1) is 6.20 Å². The number of hydrogen-bond acceptors (Lipinski definition) is 5. The van der Waals surface area contributed by atoms with Crippen LogP contribution in [0.1, 0.15) is 12.8 Å². The van der Waals surface area contributed by atoms with Gasteiger partial charge in [-0.25, -0.2) is 8.42 Å². The fraction of sp³-hybridized carbons (Fsp3) is 0.769. The minimum Gasteiger partial charge on any atom is -0.306 e. The van der Waals surface area contributed by atoms with E-state index in [2.05, 4.69) is 34.1 Å². The van der Waals surface area contributed by atoms with Crippen LogP contribution in [0, 0.1) is 0 Å². The van der Waals surface area contributed by atoms with Gasteiger partial charge >= 0.3 is 0 Å². The number of nitrogens with one attached hydrogen (secondary N) is 1. The second-order valence-corrected chi connectivity index (χ2v) is 7.78. The first-order valence-corrected chi connectivity index (χ1v) is 8.70. The fourth-order valence-electron chi connectivity index (χ4n) is 2.59. The summed E-state index contributed by atoms with van der Waals surface area (Å²) in [5, 5.41) is 6.36. The van der Waals surface area contributed by atoms with E-state index in [-0.39, 0.29) is 5.03 Å². The molecule has 0 unspecified atom stereocenters. The molecule has 120 valence electrons. The Morgan fingerprint density at radius 2 is 2.00 bits per heavy atom. The average molecular weight is 315 g/mol. The van der Waals surface area contributed by atoms with Crippen molar-refractivity contribution in [2.24, 2.45) is 0 Å². The SMILES string of the molecule is CN1CCC(N(C)CCN(C)S(=O)(=O)c2ccn[nH]2)CC1. The summed E-state index contributed by atoms with van der Waals surface area (Å²) in [6.07, 6.45) is 3.74. The van der Waals surface area contributed by atoms with Gasteiger partial charge in [-0.05, 0) is 46.1 Å². The van der Waals surface area contributed by atoms with Gasteiger partial charge in [0.15, 0.2) is 5.03 Å². The van der Waals surface area contributed by atoms with Crippen LogP contribution in [-0.4, -0.2) is 86.1 Å². The number of H-pyrrole nitrogens is 1. The van der Waals surface area contributed by atoms with Crippen LogP contribution in [0.25, 0.3) is 0 Å². The van der Waals surface area contributed by atoms with E-state index in [0.29, 0.717) is 12.6 Å². The van der Waals surface area contributed by atoms with Gasteiger partial charge in [-0.3, -0.25) is 5.10 Å². The second-order valence-electron chi connectivity index (χ2n) is 5.76. The van der Waals surface area contributed by atoms with Gasteiger partial charge < -0.3 is 9.80 Å². The molecule has 2 heterocycles. The predicted molar refractivity (Wildman–Crippen MR) is 81.6 cm³/mol. The number of piperidine rings is 1. The Balaban J connectivity index is 1.85. The second kappa shape index (κ2) is 6.87. The minimum atomic E-state index is -3.45. The van der Waals surface area contributed by atoms with E-state index in [4.69, 9.17) is 0 Å². The molecule has 0 radical (unpaired) electrons. The molecule has 0 aromatic carbocycles. The van der Waals surface area contributed by atoms with Crippen molar-refractivity contribution >= 4 is 10.0 Å². The summed E-state index contributed by atoms with van der Waals surface area (Å²) in [4.78, 5) is 4.60. The molecule has 0 spiro atoms. The standard InChI is InChI=1S/C13H25N5O2S/c1-16-8-5-12(6-9-16)17(2)10-11-18(3)21(19,20)13-4-7-14-15-13/h4,7,12H,5-6,8-11H2,1-3H3,(H,14,15). The smallest absolute Gasteiger partial charge is 0.259 e. The van der Waals surface area contributed by atoms with E-state index >= 15 is 0 Å². The zero-order valence-electron chi connectivity index (χ0n) is 13.0. The molecular formula is C13H25N5O2S. The Morgan fingerprint density at radius 3 is 2.57 bits per heavy atom. The summed E-state index contributed by atoms with van der Waals surface area (Å²) in [5.74, 6) is 0. The van der Waals surface area contributed by atoms with Crippen LogP contribution in [-0.2, 0) is 10.0 Å². The number of aromatic nitrogens is 2. The Labute approximate surface area is 127 Å². The van der Waals surface area contributed by atoms with E-state index in [1.54, 1.807) is 7.05 Å². The number of nitrogens with zero attached hydrogens (tertiary/aromatic N) is 4. The number of hydrogen-bond donors (Lipinski definition) is 1. The summed E-state index contributed by atoms with van der Waals surface area (Å²) in [7, 11) is 2.38. The van der Waals surface area contributed by atoms with Crippen molar-refractivity contribution in [3.63, 3.8) is 0 Å². The minimum absolute atomic E-state index is 0.145. The molecule has 7 nitrogen and oxygen atoms in total. The predicted octanol–water partition coefficient (Wildman–Crippen LogP) is 0.0562. The highest BCUT2D eigenvalue weighted by atomic mass is 32.2. The molecule has 1 aliphatic rings. The zero-order chi connectivity index (χ0) is 15.5. The van der Waals surface area contributed by atoms with Gasteiger partial charge in [-0.2, -0.15) is 9.40 Å². The molecule has 1 N–H and O–H groups in total. The molecule has 21 heavy (non-hydrogen) atoms. The molecule has 1 saturated heterocycles. The molecule has 0 bridgehead atoms. The third-order valence-electron chi connectivity index (χ3n) is 4.24. The van der Waals surface area contributed by atoms with Crippen LogP contribution in [0.5, 0.6) is 0 Å². The highest BCUT2D eigenvalue weighted by molar-refractivity contribution is 7.89. The maximum atomic E-state index is 12.3. The van der Waals surface area contributed by atoms with Crippen LogP contribution < -0.4 is 0 Å². The summed E-state index contributed by atoms with van der Waals surface area (Å²) in [6.45, 7) is 3.43. The topological polar surface area (TPSA) is 72.5 Å². The molecular weight excluding hydrogens is 290 g/mol. The first-order valence-electron chi connectivity index (χ1n) is 7.26. The van der Waals surface area contributed by atoms with Crippen molar-refractivity contribution in [1.82, 2.24) is 24.3 Å². The van der Waals surface area contributed by atoms with Crippen LogP contribution in [0.2, 0.25) is 0 Å². The molecule has 0 aliphatic carbocycles. The molecule has 1 aromatic heterocycles. The van der Waals surface area contributed by atoms with Crippen molar-refractivity contribution < 1.29 is 8.42 Å². The number of sulfonamides is 1. The van der Waals surface area contributed by atoms with Gasteiger partial charge in [-0.1, -0.05) is 0 Å². The number of rotatable bonds is 6. The van der Waals surface area contributed by atoms with Crippen LogP contribution in [0.3, 0.4) is 0 Å². The number of likely N-dealkylation sites (N-methyl/N-ethyl adjacent to an activating group) is 2. The fourth-order valence-corrected chi connectivity index (χ4v) is 3.65. The Hall–Kier alpha value is -0.960. The van der Waals surface area contributed by atoms with Gasteiger partial charge in [0.2, 0.25) is 0 Å². The largest absolute Gasteiger partial charge is 0.306 e. The molecule has 1 fully saturated rings. The number of likely N-dealkylation sites (tertiary alicyclic amines) is 1. The lowest BCUT2D eigenvalue weighted by Gasteiger charge is -2.35. The average Bonchev–Trinajstić information content (AvgIpc) is 3.00. The molecule has 0 atom stereocenters. The summed E-state index contributed by atoms with van der Waals surface area (Å²) < 4.78 is 25.9. The zero-order valence-corrected chi connectivity index (χ0v) is 13.8. The molecule has 2 rings (SSSR count). The molecule has 1 aliphatic heterocycles. The van der Waals surface area contributed by atoms with Crippen LogP contribution in [0.15, 0.2) is 17.3 Å². The third-order valence-corrected chi connectivity index (χ3v) is 6.03. The van der Waals surface area contributed by atoms with E-state index in [1.807, 2.05) is 0 Å². The van der Waals surface area contributed by atoms with Crippen molar-refractivity contribution in [3.8, 4) is 0 Å². The number of aromatic amines is 1. The van der Waals surface area contributed by atoms with Gasteiger partial charge in [-0.15, -0.1) is 0 Å². The lowest BCUT2D eigenvalue weighted by atomic mass is 10.0.